The minimum absolute atomic E-state index is 0.152. The van der Waals surface area contributed by atoms with E-state index in [0.29, 0.717) is 0 Å². The van der Waals surface area contributed by atoms with Crippen LogP contribution in [0.15, 0.2) is 24.9 Å². The lowest BCUT2D eigenvalue weighted by Crippen LogP contribution is -2.48. The van der Waals surface area contributed by atoms with E-state index >= 15 is 0 Å². The zero-order valence-corrected chi connectivity index (χ0v) is 10.1. The van der Waals surface area contributed by atoms with Crippen molar-refractivity contribution in [1.82, 2.24) is 9.88 Å². The number of carbonyl (C=O) groups excluding carboxylic acids is 1. The lowest BCUT2D eigenvalue weighted by atomic mass is 10.2. The van der Waals surface area contributed by atoms with E-state index in [9.17, 15) is 4.79 Å². The van der Waals surface area contributed by atoms with Gasteiger partial charge in [-0.1, -0.05) is 12.7 Å². The average molecular weight is 231 g/mol. The van der Waals surface area contributed by atoms with Crippen LogP contribution in [0.1, 0.15) is 12.5 Å². The summed E-state index contributed by atoms with van der Waals surface area (Å²) in [6, 6.07) is 4.01. The molecule has 4 nitrogen and oxygen atoms in total. The van der Waals surface area contributed by atoms with Gasteiger partial charge in [-0.25, -0.2) is 4.98 Å². The number of anilines is 1. The van der Waals surface area contributed by atoms with Gasteiger partial charge in [-0.2, -0.15) is 0 Å². The molecular weight excluding hydrogens is 214 g/mol. The molecule has 0 spiro atoms. The van der Waals surface area contributed by atoms with Crippen molar-refractivity contribution in [3.8, 4) is 0 Å². The summed E-state index contributed by atoms with van der Waals surface area (Å²) in [7, 11) is 0. The molecule has 17 heavy (non-hydrogen) atoms. The third kappa shape index (κ3) is 2.64. The molecule has 0 aliphatic carbocycles. The first kappa shape index (κ1) is 11.6. The second-order valence-corrected chi connectivity index (χ2v) is 4.15. The van der Waals surface area contributed by atoms with E-state index in [4.69, 9.17) is 0 Å². The zero-order chi connectivity index (χ0) is 12.3. The van der Waals surface area contributed by atoms with Crippen molar-refractivity contribution in [2.75, 3.05) is 31.1 Å². The molecule has 1 fully saturated rings. The Bertz CT molecular complexity index is 405. The summed E-state index contributed by atoms with van der Waals surface area (Å²) in [5.74, 6) is 1.12. The first-order chi connectivity index (χ1) is 8.20. The Hall–Kier alpha value is -1.84. The molecule has 0 radical (unpaired) electrons. The molecule has 1 saturated heterocycles. The number of nitrogens with zero attached hydrogens (tertiary/aromatic N) is 3. The number of rotatable bonds is 2. The molecule has 0 saturated carbocycles. The molecule has 4 heteroatoms. The number of amides is 1. The second-order valence-electron chi connectivity index (χ2n) is 4.15. The molecule has 0 atom stereocenters. The van der Waals surface area contributed by atoms with Crippen LogP contribution in [0.4, 0.5) is 5.82 Å². The zero-order valence-electron chi connectivity index (χ0n) is 10.1. The van der Waals surface area contributed by atoms with E-state index in [1.807, 2.05) is 23.2 Å². The van der Waals surface area contributed by atoms with Crippen molar-refractivity contribution >= 4 is 17.8 Å². The van der Waals surface area contributed by atoms with E-state index in [1.165, 1.54) is 0 Å². The van der Waals surface area contributed by atoms with Gasteiger partial charge in [0.05, 0.1) is 0 Å². The minimum Gasteiger partial charge on any atom is -0.353 e. The molecule has 1 amide bonds. The van der Waals surface area contributed by atoms with Crippen molar-refractivity contribution < 1.29 is 4.79 Å². The van der Waals surface area contributed by atoms with Crippen LogP contribution in [0.25, 0.3) is 6.08 Å². The van der Waals surface area contributed by atoms with Gasteiger partial charge in [-0.3, -0.25) is 4.79 Å². The molecule has 1 aromatic rings. The lowest BCUT2D eigenvalue weighted by Gasteiger charge is -2.34. The fourth-order valence-corrected chi connectivity index (χ4v) is 1.96. The molecule has 1 aliphatic heterocycles. The SMILES string of the molecule is C=Cc1ccc(N2CCN(C(C)=O)CC2)nc1. The standard InChI is InChI=1S/C13H17N3O/c1-3-12-4-5-13(14-10-12)16-8-6-15(7-9-16)11(2)17/h3-5,10H,1,6-9H2,2H3. The summed E-state index contributed by atoms with van der Waals surface area (Å²) in [4.78, 5) is 19.7. The molecule has 0 bridgehead atoms. The first-order valence-electron chi connectivity index (χ1n) is 5.79. The Morgan fingerprint density at radius 2 is 2.06 bits per heavy atom. The number of hydrogen-bond acceptors (Lipinski definition) is 3. The normalized spacial score (nSPS) is 15.8. The summed E-state index contributed by atoms with van der Waals surface area (Å²) in [5.41, 5.74) is 1.02. The second kappa shape index (κ2) is 4.99. The quantitative estimate of drug-likeness (QED) is 0.772. The highest BCUT2D eigenvalue weighted by molar-refractivity contribution is 5.73. The van der Waals surface area contributed by atoms with Gasteiger partial charge in [0, 0.05) is 39.3 Å². The van der Waals surface area contributed by atoms with Crippen LogP contribution < -0.4 is 4.90 Å². The van der Waals surface area contributed by atoms with Gasteiger partial charge in [0.15, 0.2) is 0 Å². The number of carbonyl (C=O) groups is 1. The van der Waals surface area contributed by atoms with Gasteiger partial charge in [-0.05, 0) is 17.7 Å². The summed E-state index contributed by atoms with van der Waals surface area (Å²) in [5, 5.41) is 0. The highest BCUT2D eigenvalue weighted by Gasteiger charge is 2.19. The minimum atomic E-state index is 0.152. The Morgan fingerprint density at radius 3 is 2.53 bits per heavy atom. The fraction of sp³-hybridized carbons (Fsp3) is 0.385. The maximum atomic E-state index is 11.2. The highest BCUT2D eigenvalue weighted by atomic mass is 16.2. The van der Waals surface area contributed by atoms with E-state index in [1.54, 1.807) is 13.0 Å². The van der Waals surface area contributed by atoms with Crippen LogP contribution in [0.3, 0.4) is 0 Å². The fourth-order valence-electron chi connectivity index (χ4n) is 1.96. The summed E-state index contributed by atoms with van der Waals surface area (Å²) < 4.78 is 0. The van der Waals surface area contributed by atoms with Crippen LogP contribution in [-0.4, -0.2) is 42.0 Å². The van der Waals surface area contributed by atoms with Gasteiger partial charge in [0.25, 0.3) is 0 Å². The van der Waals surface area contributed by atoms with E-state index in [-0.39, 0.29) is 5.91 Å². The number of pyridine rings is 1. The third-order valence-corrected chi connectivity index (χ3v) is 3.06. The topological polar surface area (TPSA) is 36.4 Å². The molecule has 1 aliphatic rings. The van der Waals surface area contributed by atoms with Crippen molar-refractivity contribution in [2.45, 2.75) is 6.92 Å². The smallest absolute Gasteiger partial charge is 0.219 e. The van der Waals surface area contributed by atoms with Crippen molar-refractivity contribution in [3.05, 3.63) is 30.5 Å². The van der Waals surface area contributed by atoms with Crippen LogP contribution in [0, 0.1) is 0 Å². The molecule has 0 N–H and O–H groups in total. The number of aromatic nitrogens is 1. The molecule has 90 valence electrons. The molecule has 1 aromatic heterocycles. The third-order valence-electron chi connectivity index (χ3n) is 3.06. The predicted molar refractivity (Wildman–Crippen MR) is 68.8 cm³/mol. The van der Waals surface area contributed by atoms with Crippen molar-refractivity contribution in [3.63, 3.8) is 0 Å². The molecule has 2 rings (SSSR count). The van der Waals surface area contributed by atoms with Gasteiger partial charge >= 0.3 is 0 Å². The van der Waals surface area contributed by atoms with Crippen molar-refractivity contribution in [2.24, 2.45) is 0 Å². The Labute approximate surface area is 102 Å². The van der Waals surface area contributed by atoms with Gasteiger partial charge < -0.3 is 9.80 Å². The lowest BCUT2D eigenvalue weighted by molar-refractivity contribution is -0.129. The number of piperazine rings is 1. The van der Waals surface area contributed by atoms with Gasteiger partial charge in [-0.15, -0.1) is 0 Å². The monoisotopic (exact) mass is 231 g/mol. The van der Waals surface area contributed by atoms with E-state index < -0.39 is 0 Å². The summed E-state index contributed by atoms with van der Waals surface area (Å²) in [6.45, 7) is 8.57. The van der Waals surface area contributed by atoms with E-state index in [0.717, 1.165) is 37.6 Å². The molecule has 0 aromatic carbocycles. The Kier molecular flexibility index (Phi) is 3.42. The molecule has 0 unspecified atom stereocenters. The largest absolute Gasteiger partial charge is 0.353 e. The van der Waals surface area contributed by atoms with E-state index in [2.05, 4.69) is 16.5 Å². The summed E-state index contributed by atoms with van der Waals surface area (Å²) in [6.07, 6.45) is 3.60. The molecule has 2 heterocycles. The van der Waals surface area contributed by atoms with Gasteiger partial charge in [0.1, 0.15) is 5.82 Å². The maximum Gasteiger partial charge on any atom is 0.219 e. The predicted octanol–water partition coefficient (Wildman–Crippen LogP) is 1.39. The summed E-state index contributed by atoms with van der Waals surface area (Å²) >= 11 is 0. The maximum absolute atomic E-state index is 11.2. The highest BCUT2D eigenvalue weighted by Crippen LogP contribution is 2.14. The van der Waals surface area contributed by atoms with Crippen molar-refractivity contribution in [1.29, 1.82) is 0 Å². The van der Waals surface area contributed by atoms with Crippen LogP contribution >= 0.6 is 0 Å². The molecular formula is C13H17N3O. The van der Waals surface area contributed by atoms with Crippen LogP contribution in [0.2, 0.25) is 0 Å². The van der Waals surface area contributed by atoms with Gasteiger partial charge in [0.2, 0.25) is 5.91 Å². The average Bonchev–Trinajstić information content (AvgIpc) is 2.39. The van der Waals surface area contributed by atoms with Crippen LogP contribution in [0.5, 0.6) is 0 Å². The first-order valence-corrected chi connectivity index (χ1v) is 5.79. The van der Waals surface area contributed by atoms with Crippen LogP contribution in [-0.2, 0) is 4.79 Å². The number of hydrogen-bond donors (Lipinski definition) is 0. The Balaban J connectivity index is 2.00. The Morgan fingerprint density at radius 1 is 1.35 bits per heavy atom.